The lowest BCUT2D eigenvalue weighted by Crippen LogP contribution is -2.13. The molecule has 0 aliphatic rings. The molecule has 0 aliphatic heterocycles. The molecule has 0 fully saturated rings. The molecule has 8 heteroatoms. The normalized spacial score (nSPS) is 12.1. The molecule has 0 N–H and O–H groups in total. The second kappa shape index (κ2) is 22.1. The maximum absolute atomic E-state index is 4.84. The molecule has 0 spiro atoms. The Hall–Kier alpha value is -10.4. The van der Waals surface area contributed by atoms with Crippen LogP contribution < -0.4 is 9.80 Å². The van der Waals surface area contributed by atoms with E-state index in [1.165, 1.54) is 5.39 Å². The predicted molar refractivity (Wildman–Crippen MR) is 319 cm³/mol. The minimum atomic E-state index is 0.729. The number of fused-ring (bicyclic) bond motifs is 3. The molecule has 9 aromatic carbocycles. The van der Waals surface area contributed by atoms with Gasteiger partial charge in [0, 0.05) is 34.6 Å². The third-order valence-corrected chi connectivity index (χ3v) is 13.0. The van der Waals surface area contributed by atoms with Gasteiger partial charge in [-0.3, -0.25) is 0 Å². The number of anilines is 4. The van der Waals surface area contributed by atoms with Gasteiger partial charge in [0.25, 0.3) is 0 Å². The molecule has 76 heavy (non-hydrogen) atoms. The van der Waals surface area contributed by atoms with Crippen molar-refractivity contribution in [2.45, 2.75) is 0 Å². The van der Waals surface area contributed by atoms with Crippen LogP contribution in [0.2, 0.25) is 0 Å². The van der Waals surface area contributed by atoms with E-state index in [0.717, 1.165) is 101 Å². The third-order valence-electron chi connectivity index (χ3n) is 13.0. The number of rotatable bonds is 17. The van der Waals surface area contributed by atoms with Crippen molar-refractivity contribution in [3.05, 3.63) is 304 Å². The fraction of sp³-hybridized carbons (Fsp3) is 0. The van der Waals surface area contributed by atoms with Gasteiger partial charge in [-0.25, -0.2) is 0 Å². The molecule has 0 atom stereocenters. The van der Waals surface area contributed by atoms with Gasteiger partial charge in [-0.15, -0.1) is 20.4 Å². The van der Waals surface area contributed by atoms with Crippen LogP contribution in [-0.4, -0.2) is 30.0 Å². The van der Waals surface area contributed by atoms with Crippen molar-refractivity contribution in [3.8, 4) is 27.9 Å². The van der Waals surface area contributed by atoms with Crippen LogP contribution in [-0.2, 0) is 0 Å². The molecule has 0 unspecified atom stereocenters. The summed E-state index contributed by atoms with van der Waals surface area (Å²) in [6, 6.07) is 73.6. The summed E-state index contributed by atoms with van der Waals surface area (Å²) in [7, 11) is 0. The monoisotopic (exact) mass is 980 g/mol. The van der Waals surface area contributed by atoms with Gasteiger partial charge in [-0.1, -0.05) is 178 Å². The van der Waals surface area contributed by atoms with E-state index in [2.05, 4.69) is 187 Å². The van der Waals surface area contributed by atoms with Gasteiger partial charge in [0.15, 0.2) is 0 Å². The molecule has 0 bridgehead atoms. The van der Waals surface area contributed by atoms with Crippen LogP contribution in [0.1, 0.15) is 11.1 Å². The molecule has 0 saturated carbocycles. The lowest BCUT2D eigenvalue weighted by Gasteiger charge is -2.26. The molecule has 2 aromatic heterocycles. The van der Waals surface area contributed by atoms with Crippen LogP contribution in [0.15, 0.2) is 293 Å². The summed E-state index contributed by atoms with van der Waals surface area (Å²) < 4.78 is 0. The summed E-state index contributed by atoms with van der Waals surface area (Å²) in [5, 5.41) is 21.6. The average Bonchev–Trinajstić information content (AvgIpc) is 4.13. The summed E-state index contributed by atoms with van der Waals surface area (Å²) in [5.41, 5.74) is 16.3. The van der Waals surface area contributed by atoms with Crippen molar-refractivity contribution in [1.29, 1.82) is 0 Å². The summed E-state index contributed by atoms with van der Waals surface area (Å²) in [4.78, 5) is 7.74. The van der Waals surface area contributed by atoms with Crippen LogP contribution in [0.3, 0.4) is 0 Å². The second-order valence-corrected chi connectivity index (χ2v) is 17.9. The number of hydrogen-bond acceptors (Lipinski definition) is 6. The summed E-state index contributed by atoms with van der Waals surface area (Å²) in [6.45, 7) is 12.1. The number of nitrogens with zero attached hydrogens (tertiary/aromatic N) is 8. The SMILES string of the molecule is C=C/C=C\C=C\c1ccc2nn(-c3ccc(N(c4ccc(-c5ccc(N(/C=C/C=C(\C=C)n6nc7ccc(-c8ccccc8)cc7n6)/C(C=C)=C/c6ccccc6)cc5)cc4)c4ccc5ccccc5c4)cc3)nc2c1. The van der Waals surface area contributed by atoms with E-state index in [4.69, 9.17) is 20.4 Å². The molecule has 8 nitrogen and oxygen atoms in total. The van der Waals surface area contributed by atoms with Crippen molar-refractivity contribution >= 4 is 73.4 Å². The lowest BCUT2D eigenvalue weighted by molar-refractivity contribution is 0.766. The Morgan fingerprint density at radius 2 is 1.01 bits per heavy atom. The predicted octanol–water partition coefficient (Wildman–Crippen LogP) is 17.2. The van der Waals surface area contributed by atoms with Crippen LogP contribution in [0.25, 0.3) is 78.6 Å². The van der Waals surface area contributed by atoms with Crippen LogP contribution >= 0.6 is 0 Å². The van der Waals surface area contributed by atoms with Crippen LogP contribution in [0.5, 0.6) is 0 Å². The maximum atomic E-state index is 4.84. The molecule has 0 radical (unpaired) electrons. The zero-order valence-electron chi connectivity index (χ0n) is 41.8. The molecule has 11 rings (SSSR count). The van der Waals surface area contributed by atoms with Gasteiger partial charge in [0.2, 0.25) is 0 Å². The largest absolute Gasteiger partial charge is 0.317 e. The smallest absolute Gasteiger partial charge is 0.114 e. The second-order valence-electron chi connectivity index (χ2n) is 17.9. The molecule has 364 valence electrons. The van der Waals surface area contributed by atoms with E-state index >= 15 is 0 Å². The Kier molecular flexibility index (Phi) is 13.9. The Bertz CT molecular complexity index is 4030. The molecule has 0 amide bonds. The third kappa shape index (κ3) is 10.5. The van der Waals surface area contributed by atoms with Gasteiger partial charge < -0.3 is 9.80 Å². The van der Waals surface area contributed by atoms with Crippen LogP contribution in [0.4, 0.5) is 22.7 Å². The van der Waals surface area contributed by atoms with E-state index in [1.54, 1.807) is 21.7 Å². The molecule has 0 saturated heterocycles. The van der Waals surface area contributed by atoms with E-state index in [-0.39, 0.29) is 0 Å². The molecular formula is C68H52N8. The lowest BCUT2D eigenvalue weighted by atomic mass is 10.0. The number of benzene rings is 9. The highest BCUT2D eigenvalue weighted by molar-refractivity contribution is 5.90. The van der Waals surface area contributed by atoms with E-state index in [1.807, 2.05) is 109 Å². The Labute approximate surface area is 442 Å². The van der Waals surface area contributed by atoms with Crippen LogP contribution in [0, 0.1) is 0 Å². The van der Waals surface area contributed by atoms with Crippen molar-refractivity contribution in [2.75, 3.05) is 9.80 Å². The summed E-state index contributed by atoms with van der Waals surface area (Å²) in [6.07, 6.45) is 21.4. The first-order valence-corrected chi connectivity index (χ1v) is 25.1. The maximum Gasteiger partial charge on any atom is 0.114 e. The van der Waals surface area contributed by atoms with E-state index in [9.17, 15) is 0 Å². The van der Waals surface area contributed by atoms with Crippen molar-refractivity contribution in [3.63, 3.8) is 0 Å². The first-order chi connectivity index (χ1) is 37.5. The van der Waals surface area contributed by atoms with Gasteiger partial charge in [0.1, 0.15) is 22.1 Å². The zero-order valence-corrected chi connectivity index (χ0v) is 41.8. The Balaban J connectivity index is 0.876. The standard InChI is InChI=1S/C68H52N8/c1-4-7-8-11-21-51-27-43-65-67(47-51)71-76(70-65)63-41-39-62(40-42-63)74(64-38-32-53-24-16-17-25-56(53)48-64)61-36-30-55(31-37-61)54-28-34-60(35-29-54)73(59(6-3)46-50-19-12-9-13-20-50)45-18-26-58(5-2)75-69-66-44-33-57(49-68(66)72-75)52-22-14-10-15-23-52/h4-49H,1-3H2/b8-7-,21-11+,45-18+,58-26+,59-46+. The fourth-order valence-corrected chi connectivity index (χ4v) is 9.13. The van der Waals surface area contributed by atoms with Gasteiger partial charge in [-0.05, 0) is 159 Å². The number of aromatic nitrogens is 6. The molecule has 0 aliphatic carbocycles. The molecular weight excluding hydrogens is 929 g/mol. The van der Waals surface area contributed by atoms with E-state index < -0.39 is 0 Å². The van der Waals surface area contributed by atoms with Gasteiger partial charge in [-0.2, -0.15) is 9.59 Å². The van der Waals surface area contributed by atoms with E-state index in [0.29, 0.717) is 0 Å². The summed E-state index contributed by atoms with van der Waals surface area (Å²) >= 11 is 0. The average molecular weight is 981 g/mol. The minimum absolute atomic E-state index is 0.729. The number of allylic oxidation sites excluding steroid dienone is 9. The van der Waals surface area contributed by atoms with Crippen molar-refractivity contribution in [2.24, 2.45) is 0 Å². The highest BCUT2D eigenvalue weighted by atomic mass is 15.5. The Morgan fingerprint density at radius 3 is 1.74 bits per heavy atom. The van der Waals surface area contributed by atoms with Gasteiger partial charge >= 0.3 is 0 Å². The number of hydrogen-bond donors (Lipinski definition) is 0. The summed E-state index contributed by atoms with van der Waals surface area (Å²) in [5.74, 6) is 0. The van der Waals surface area contributed by atoms with Crippen molar-refractivity contribution < 1.29 is 0 Å². The first-order valence-electron chi connectivity index (χ1n) is 25.1. The first kappa shape index (κ1) is 47.9. The minimum Gasteiger partial charge on any atom is -0.317 e. The topological polar surface area (TPSA) is 67.9 Å². The quantitative estimate of drug-likeness (QED) is 0.0847. The fourth-order valence-electron chi connectivity index (χ4n) is 9.13. The highest BCUT2D eigenvalue weighted by Gasteiger charge is 2.16. The molecule has 2 heterocycles. The zero-order chi connectivity index (χ0) is 51.6. The van der Waals surface area contributed by atoms with Crippen molar-refractivity contribution in [1.82, 2.24) is 30.0 Å². The highest BCUT2D eigenvalue weighted by Crippen LogP contribution is 2.38. The van der Waals surface area contributed by atoms with Gasteiger partial charge in [0.05, 0.1) is 11.4 Å². The Morgan fingerprint density at radius 1 is 0.421 bits per heavy atom. The molecule has 11 aromatic rings.